The van der Waals surface area contributed by atoms with Crippen LogP contribution in [-0.4, -0.2) is 29.0 Å². The third-order valence-electron chi connectivity index (χ3n) is 4.51. The average molecular weight is 632 g/mol. The van der Waals surface area contributed by atoms with E-state index in [4.69, 9.17) is 9.47 Å². The van der Waals surface area contributed by atoms with Crippen LogP contribution in [0.2, 0.25) is 0 Å². The van der Waals surface area contributed by atoms with Gasteiger partial charge in [-0.25, -0.2) is 9.98 Å². The molecule has 2 aromatic carbocycles. The number of hydrogen-bond donors (Lipinski definition) is 1. The number of nitrogens with zero attached hydrogens (tertiary/aromatic N) is 2. The summed E-state index contributed by atoms with van der Waals surface area (Å²) < 4.78 is 13.4. The minimum absolute atomic E-state index is 0.234. The van der Waals surface area contributed by atoms with Crippen molar-refractivity contribution >= 4 is 67.9 Å². The molecule has 0 bridgehead atoms. The second-order valence-electron chi connectivity index (χ2n) is 7.30. The molecular formula is C21H18I2N2O3S. The molecule has 1 aliphatic rings. The van der Waals surface area contributed by atoms with E-state index in [1.807, 2.05) is 23.6 Å². The highest BCUT2D eigenvalue weighted by Crippen LogP contribution is 2.44. The Balaban J connectivity index is 1.64. The van der Waals surface area contributed by atoms with Gasteiger partial charge in [0, 0.05) is 38.3 Å². The lowest BCUT2D eigenvalue weighted by Gasteiger charge is -2.17. The standard InChI is InChI=1S/C21H18I2N2O3S/c1-21(2)8-12-4-11(6-17(27-3)19(12)28-21)16-10-29-20(25-16)24-9-13-5-14(22)7-15(23)18(13)26/h4-7,9-10,26H,8H2,1-3H3. The molecule has 3 aromatic rings. The van der Waals surface area contributed by atoms with Crippen LogP contribution in [0.1, 0.15) is 25.0 Å². The fraction of sp³-hybridized carbons (Fsp3) is 0.238. The normalized spacial score (nSPS) is 14.8. The maximum Gasteiger partial charge on any atom is 0.209 e. The molecule has 0 radical (unpaired) electrons. The maximum absolute atomic E-state index is 10.2. The molecule has 0 saturated carbocycles. The van der Waals surface area contributed by atoms with Gasteiger partial charge in [-0.1, -0.05) is 0 Å². The van der Waals surface area contributed by atoms with Gasteiger partial charge in [0.25, 0.3) is 0 Å². The first-order valence-corrected chi connectivity index (χ1v) is 11.9. The van der Waals surface area contributed by atoms with E-state index < -0.39 is 0 Å². The van der Waals surface area contributed by atoms with Crippen LogP contribution in [0.25, 0.3) is 11.3 Å². The molecule has 150 valence electrons. The minimum Gasteiger partial charge on any atom is -0.506 e. The Morgan fingerprint density at radius 3 is 2.83 bits per heavy atom. The molecule has 1 aromatic heterocycles. The highest BCUT2D eigenvalue weighted by molar-refractivity contribution is 14.1. The number of benzene rings is 2. The molecule has 0 unspecified atom stereocenters. The Morgan fingerprint density at radius 2 is 2.07 bits per heavy atom. The summed E-state index contributed by atoms with van der Waals surface area (Å²) in [5.74, 6) is 1.77. The van der Waals surface area contributed by atoms with E-state index >= 15 is 0 Å². The van der Waals surface area contributed by atoms with Gasteiger partial charge >= 0.3 is 0 Å². The fourth-order valence-electron chi connectivity index (χ4n) is 3.24. The number of thiazole rings is 1. The van der Waals surface area contributed by atoms with E-state index in [-0.39, 0.29) is 11.4 Å². The zero-order chi connectivity index (χ0) is 20.8. The number of aromatic nitrogens is 1. The van der Waals surface area contributed by atoms with Crippen LogP contribution in [0.15, 0.2) is 34.6 Å². The van der Waals surface area contributed by atoms with Crippen molar-refractivity contribution in [1.82, 2.24) is 4.98 Å². The summed E-state index contributed by atoms with van der Waals surface area (Å²) in [7, 11) is 1.65. The summed E-state index contributed by atoms with van der Waals surface area (Å²) in [4.78, 5) is 9.11. The zero-order valence-corrected chi connectivity index (χ0v) is 21.1. The first-order chi connectivity index (χ1) is 13.8. The summed E-state index contributed by atoms with van der Waals surface area (Å²) in [5, 5.41) is 12.8. The maximum atomic E-state index is 10.2. The monoisotopic (exact) mass is 632 g/mol. The van der Waals surface area contributed by atoms with Crippen molar-refractivity contribution in [2.24, 2.45) is 4.99 Å². The molecule has 1 aliphatic heterocycles. The van der Waals surface area contributed by atoms with Crippen molar-refractivity contribution in [2.75, 3.05) is 7.11 Å². The number of phenols is 1. The third kappa shape index (κ3) is 4.38. The van der Waals surface area contributed by atoms with Gasteiger partial charge in [-0.15, -0.1) is 11.3 Å². The van der Waals surface area contributed by atoms with Gasteiger partial charge in [-0.05, 0) is 83.3 Å². The molecule has 0 atom stereocenters. The molecule has 4 rings (SSSR count). The van der Waals surface area contributed by atoms with Crippen LogP contribution < -0.4 is 9.47 Å². The van der Waals surface area contributed by atoms with Crippen LogP contribution in [0, 0.1) is 7.14 Å². The second kappa shape index (κ2) is 8.03. The molecule has 1 N–H and O–H groups in total. The van der Waals surface area contributed by atoms with Crippen LogP contribution in [0.5, 0.6) is 17.2 Å². The highest BCUT2D eigenvalue weighted by atomic mass is 127. The van der Waals surface area contributed by atoms with Crippen LogP contribution >= 0.6 is 56.5 Å². The molecule has 0 aliphatic carbocycles. The van der Waals surface area contributed by atoms with Crippen LogP contribution in [-0.2, 0) is 6.42 Å². The largest absolute Gasteiger partial charge is 0.506 e. The van der Waals surface area contributed by atoms with E-state index in [2.05, 4.69) is 75.1 Å². The van der Waals surface area contributed by atoms with E-state index in [0.717, 1.165) is 41.9 Å². The quantitative estimate of drug-likeness (QED) is 0.275. The number of phenolic OH excluding ortho intramolecular Hbond substituents is 1. The smallest absolute Gasteiger partial charge is 0.209 e. The summed E-state index contributed by atoms with van der Waals surface area (Å²) in [6.45, 7) is 4.15. The number of rotatable bonds is 4. The molecule has 0 fully saturated rings. The zero-order valence-electron chi connectivity index (χ0n) is 16.0. The first kappa shape index (κ1) is 20.9. The molecule has 0 saturated heterocycles. The Hall–Kier alpha value is -1.40. The number of ether oxygens (including phenoxy) is 2. The first-order valence-electron chi connectivity index (χ1n) is 8.83. The van der Waals surface area contributed by atoms with Crippen LogP contribution in [0.4, 0.5) is 5.13 Å². The van der Waals surface area contributed by atoms with Gasteiger partial charge in [0.2, 0.25) is 5.13 Å². The summed E-state index contributed by atoms with van der Waals surface area (Å²) in [6.07, 6.45) is 2.48. The summed E-state index contributed by atoms with van der Waals surface area (Å²) in [5.41, 5.74) is 3.39. The lowest BCUT2D eigenvalue weighted by Crippen LogP contribution is -2.24. The summed E-state index contributed by atoms with van der Waals surface area (Å²) in [6, 6.07) is 7.88. The minimum atomic E-state index is -0.238. The molecule has 2 heterocycles. The van der Waals surface area contributed by atoms with E-state index in [1.165, 1.54) is 11.3 Å². The number of hydrogen-bond acceptors (Lipinski definition) is 6. The Kier molecular flexibility index (Phi) is 5.77. The van der Waals surface area contributed by atoms with Crippen molar-refractivity contribution in [3.8, 4) is 28.5 Å². The number of methoxy groups -OCH3 is 1. The van der Waals surface area contributed by atoms with E-state index in [1.54, 1.807) is 13.3 Å². The molecule has 0 amide bonds. The summed E-state index contributed by atoms with van der Waals surface area (Å²) >= 11 is 5.80. The Morgan fingerprint density at radius 1 is 1.28 bits per heavy atom. The van der Waals surface area contributed by atoms with Crippen molar-refractivity contribution in [1.29, 1.82) is 0 Å². The highest BCUT2D eigenvalue weighted by Gasteiger charge is 2.33. The van der Waals surface area contributed by atoms with E-state index in [0.29, 0.717) is 10.7 Å². The SMILES string of the molecule is COc1cc(-c2csc(N=Cc3cc(I)cc(I)c3O)n2)cc2c1OC(C)(C)C2. The lowest BCUT2D eigenvalue weighted by atomic mass is 9.99. The number of aliphatic imine (C=N–C) groups is 1. The topological polar surface area (TPSA) is 63.9 Å². The van der Waals surface area contributed by atoms with Gasteiger partial charge in [0.05, 0.1) is 16.4 Å². The van der Waals surface area contributed by atoms with Crippen molar-refractivity contribution in [2.45, 2.75) is 25.9 Å². The molecular weight excluding hydrogens is 614 g/mol. The lowest BCUT2D eigenvalue weighted by molar-refractivity contribution is 0.134. The average Bonchev–Trinajstić information content (AvgIpc) is 3.25. The van der Waals surface area contributed by atoms with E-state index in [9.17, 15) is 5.11 Å². The van der Waals surface area contributed by atoms with Gasteiger partial charge in [-0.3, -0.25) is 0 Å². The van der Waals surface area contributed by atoms with Gasteiger partial charge in [0.15, 0.2) is 11.5 Å². The Labute approximate surface area is 200 Å². The third-order valence-corrected chi connectivity index (χ3v) is 6.70. The number of halogens is 2. The van der Waals surface area contributed by atoms with Crippen molar-refractivity contribution in [3.63, 3.8) is 0 Å². The van der Waals surface area contributed by atoms with Gasteiger partial charge in [0.1, 0.15) is 11.4 Å². The van der Waals surface area contributed by atoms with Gasteiger partial charge in [-0.2, -0.15) is 0 Å². The predicted molar refractivity (Wildman–Crippen MR) is 133 cm³/mol. The number of aromatic hydroxyl groups is 1. The van der Waals surface area contributed by atoms with Crippen LogP contribution in [0.3, 0.4) is 0 Å². The molecule has 8 heteroatoms. The molecule has 5 nitrogen and oxygen atoms in total. The second-order valence-corrected chi connectivity index (χ2v) is 10.5. The molecule has 0 spiro atoms. The van der Waals surface area contributed by atoms with Crippen molar-refractivity contribution in [3.05, 3.63) is 47.9 Å². The molecule has 29 heavy (non-hydrogen) atoms. The number of fused-ring (bicyclic) bond motifs is 1. The predicted octanol–water partition coefficient (Wildman–Crippen LogP) is 6.20. The van der Waals surface area contributed by atoms with Crippen molar-refractivity contribution < 1.29 is 14.6 Å². The Bertz CT molecular complexity index is 1130. The fourth-order valence-corrected chi connectivity index (χ4v) is 5.80. The van der Waals surface area contributed by atoms with Gasteiger partial charge < -0.3 is 14.6 Å².